The summed E-state index contributed by atoms with van der Waals surface area (Å²) in [5.41, 5.74) is 6.76. The van der Waals surface area contributed by atoms with Gasteiger partial charge in [-0.2, -0.15) is 0 Å². The van der Waals surface area contributed by atoms with E-state index in [-0.39, 0.29) is 17.9 Å². The second kappa shape index (κ2) is 7.77. The van der Waals surface area contributed by atoms with Crippen LogP contribution in [-0.2, 0) is 11.3 Å². The highest BCUT2D eigenvalue weighted by molar-refractivity contribution is 5.77. The molecule has 5 nitrogen and oxygen atoms in total. The van der Waals surface area contributed by atoms with Crippen molar-refractivity contribution >= 4 is 11.7 Å². The molecule has 1 saturated carbocycles. The third kappa shape index (κ3) is 4.22. The molecule has 0 bridgehead atoms. The van der Waals surface area contributed by atoms with Gasteiger partial charge in [-0.1, -0.05) is 25.3 Å². The van der Waals surface area contributed by atoms with Crippen LogP contribution in [0.15, 0.2) is 18.3 Å². The minimum atomic E-state index is -0.160. The zero-order valence-corrected chi connectivity index (χ0v) is 13.8. The quantitative estimate of drug-likeness (QED) is 0.817. The van der Waals surface area contributed by atoms with Crippen molar-refractivity contribution in [1.29, 1.82) is 0 Å². The number of nitrogens with one attached hydrogen (secondary N) is 1. The largest absolute Gasteiger partial charge is 0.369 e. The predicted octanol–water partition coefficient (Wildman–Crippen LogP) is 2.21. The van der Waals surface area contributed by atoms with Gasteiger partial charge in [0.25, 0.3) is 0 Å². The van der Waals surface area contributed by atoms with Gasteiger partial charge in [0.05, 0.1) is 5.92 Å². The van der Waals surface area contributed by atoms with Crippen LogP contribution in [-0.4, -0.2) is 30.0 Å². The van der Waals surface area contributed by atoms with Gasteiger partial charge in [0.2, 0.25) is 5.91 Å². The highest BCUT2D eigenvalue weighted by Gasteiger charge is 2.27. The molecule has 0 aromatic carbocycles. The number of hydrogen-bond donors (Lipinski definition) is 2. The van der Waals surface area contributed by atoms with Gasteiger partial charge >= 0.3 is 0 Å². The molecule has 2 aliphatic rings. The Hall–Kier alpha value is -1.62. The van der Waals surface area contributed by atoms with Gasteiger partial charge in [0.1, 0.15) is 5.82 Å². The normalized spacial score (nSPS) is 25.3. The van der Waals surface area contributed by atoms with E-state index in [4.69, 9.17) is 5.73 Å². The number of nitrogens with two attached hydrogens (primary N) is 1. The van der Waals surface area contributed by atoms with E-state index in [1.807, 2.05) is 6.20 Å². The Labute approximate surface area is 138 Å². The SMILES string of the molecule is NC(=O)[C@@H]1CCCCC[C@@H]1NCc1ccc(N2CCCC2)nc1. The molecule has 1 amide bonds. The monoisotopic (exact) mass is 316 g/mol. The Bertz CT molecular complexity index is 510. The Balaban J connectivity index is 1.56. The number of amides is 1. The average molecular weight is 316 g/mol. The molecule has 0 radical (unpaired) electrons. The zero-order chi connectivity index (χ0) is 16.1. The summed E-state index contributed by atoms with van der Waals surface area (Å²) in [4.78, 5) is 18.6. The average Bonchev–Trinajstić information content (AvgIpc) is 2.99. The predicted molar refractivity (Wildman–Crippen MR) is 92.1 cm³/mol. The first-order chi connectivity index (χ1) is 11.2. The number of rotatable bonds is 5. The summed E-state index contributed by atoms with van der Waals surface area (Å²) in [6.45, 7) is 2.99. The maximum absolute atomic E-state index is 11.7. The topological polar surface area (TPSA) is 71.2 Å². The number of nitrogens with zero attached hydrogens (tertiary/aromatic N) is 2. The van der Waals surface area contributed by atoms with Crippen molar-refractivity contribution < 1.29 is 4.79 Å². The third-order valence-electron chi connectivity index (χ3n) is 5.19. The van der Waals surface area contributed by atoms with E-state index in [2.05, 4.69) is 27.3 Å². The van der Waals surface area contributed by atoms with Crippen molar-refractivity contribution in [2.45, 2.75) is 57.5 Å². The molecule has 23 heavy (non-hydrogen) atoms. The van der Waals surface area contributed by atoms with Gasteiger partial charge in [-0.15, -0.1) is 0 Å². The van der Waals surface area contributed by atoms with Crippen molar-refractivity contribution in [3.63, 3.8) is 0 Å². The lowest BCUT2D eigenvalue weighted by Crippen LogP contribution is -2.41. The van der Waals surface area contributed by atoms with Crippen molar-refractivity contribution in [3.8, 4) is 0 Å². The van der Waals surface area contributed by atoms with E-state index in [1.165, 1.54) is 31.2 Å². The van der Waals surface area contributed by atoms with E-state index in [1.54, 1.807) is 0 Å². The zero-order valence-electron chi connectivity index (χ0n) is 13.8. The fraction of sp³-hybridized carbons (Fsp3) is 0.667. The van der Waals surface area contributed by atoms with Crippen LogP contribution in [0.2, 0.25) is 0 Å². The number of anilines is 1. The maximum atomic E-state index is 11.7. The lowest BCUT2D eigenvalue weighted by molar-refractivity contribution is -0.122. The summed E-state index contributed by atoms with van der Waals surface area (Å²) >= 11 is 0. The molecule has 0 unspecified atom stereocenters. The summed E-state index contributed by atoms with van der Waals surface area (Å²) in [7, 11) is 0. The van der Waals surface area contributed by atoms with Crippen LogP contribution in [0.5, 0.6) is 0 Å². The molecule has 1 aromatic rings. The second-order valence-electron chi connectivity index (χ2n) is 6.85. The molecule has 2 heterocycles. The number of carbonyl (C=O) groups excluding carboxylic acids is 1. The van der Waals surface area contributed by atoms with Gasteiger partial charge in [-0.05, 0) is 37.3 Å². The molecule has 3 rings (SSSR count). The maximum Gasteiger partial charge on any atom is 0.222 e. The third-order valence-corrected chi connectivity index (χ3v) is 5.19. The van der Waals surface area contributed by atoms with Gasteiger partial charge in [-0.25, -0.2) is 4.98 Å². The van der Waals surface area contributed by atoms with Crippen LogP contribution in [0.25, 0.3) is 0 Å². The molecule has 1 aliphatic heterocycles. The number of hydrogen-bond acceptors (Lipinski definition) is 4. The first-order valence-electron chi connectivity index (χ1n) is 8.96. The number of carbonyl (C=O) groups is 1. The van der Waals surface area contributed by atoms with E-state index in [9.17, 15) is 4.79 Å². The van der Waals surface area contributed by atoms with E-state index in [0.29, 0.717) is 0 Å². The van der Waals surface area contributed by atoms with Crippen molar-refractivity contribution in [2.75, 3.05) is 18.0 Å². The Kier molecular flexibility index (Phi) is 5.49. The van der Waals surface area contributed by atoms with E-state index < -0.39 is 0 Å². The van der Waals surface area contributed by atoms with Crippen LogP contribution in [0, 0.1) is 5.92 Å². The van der Waals surface area contributed by atoms with Crippen molar-refractivity contribution in [2.24, 2.45) is 11.7 Å². The smallest absolute Gasteiger partial charge is 0.222 e. The second-order valence-corrected chi connectivity index (χ2v) is 6.85. The molecule has 2 fully saturated rings. The standard InChI is InChI=1S/C18H28N4O/c19-18(23)15-6-2-1-3-7-16(15)20-12-14-8-9-17(21-13-14)22-10-4-5-11-22/h8-9,13,15-16,20H,1-7,10-12H2,(H2,19,23)/t15-,16+/m1/s1. The number of aromatic nitrogens is 1. The fourth-order valence-corrected chi connectivity index (χ4v) is 3.80. The molecular weight excluding hydrogens is 288 g/mol. The van der Waals surface area contributed by atoms with Crippen molar-refractivity contribution in [3.05, 3.63) is 23.9 Å². The molecule has 0 spiro atoms. The minimum absolute atomic E-state index is 0.0330. The first kappa shape index (κ1) is 16.2. The van der Waals surface area contributed by atoms with Crippen LogP contribution in [0.4, 0.5) is 5.82 Å². The fourth-order valence-electron chi connectivity index (χ4n) is 3.80. The number of pyridine rings is 1. The van der Waals surface area contributed by atoms with Gasteiger partial charge in [-0.3, -0.25) is 4.79 Å². The Morgan fingerprint density at radius 1 is 1.17 bits per heavy atom. The molecule has 5 heteroatoms. The summed E-state index contributed by atoms with van der Waals surface area (Å²) in [6, 6.07) is 4.46. The summed E-state index contributed by atoms with van der Waals surface area (Å²) < 4.78 is 0. The molecule has 2 atom stereocenters. The van der Waals surface area contributed by atoms with Crippen LogP contribution in [0.1, 0.15) is 50.5 Å². The summed E-state index contributed by atoms with van der Waals surface area (Å²) in [5.74, 6) is 0.886. The van der Waals surface area contributed by atoms with Gasteiger partial charge < -0.3 is 16.0 Å². The van der Waals surface area contributed by atoms with Crippen LogP contribution >= 0.6 is 0 Å². The Morgan fingerprint density at radius 2 is 1.96 bits per heavy atom. The molecule has 126 valence electrons. The molecule has 3 N–H and O–H groups in total. The molecular formula is C18H28N4O. The lowest BCUT2D eigenvalue weighted by atomic mass is 9.94. The number of primary amides is 1. The Morgan fingerprint density at radius 3 is 2.65 bits per heavy atom. The molecule has 1 saturated heterocycles. The van der Waals surface area contributed by atoms with Gasteiger partial charge in [0, 0.05) is 31.9 Å². The summed E-state index contributed by atoms with van der Waals surface area (Å²) in [6.07, 6.45) is 9.92. The minimum Gasteiger partial charge on any atom is -0.369 e. The molecule has 1 aliphatic carbocycles. The first-order valence-corrected chi connectivity index (χ1v) is 8.96. The van der Waals surface area contributed by atoms with Crippen LogP contribution < -0.4 is 16.0 Å². The van der Waals surface area contributed by atoms with Gasteiger partial charge in [0.15, 0.2) is 0 Å². The van der Waals surface area contributed by atoms with E-state index >= 15 is 0 Å². The lowest BCUT2D eigenvalue weighted by Gasteiger charge is -2.24. The highest BCUT2D eigenvalue weighted by atomic mass is 16.1. The van der Waals surface area contributed by atoms with Crippen LogP contribution in [0.3, 0.4) is 0 Å². The summed E-state index contributed by atoms with van der Waals surface area (Å²) in [5, 5.41) is 3.54. The van der Waals surface area contributed by atoms with E-state index in [0.717, 1.165) is 44.7 Å². The van der Waals surface area contributed by atoms with Crippen molar-refractivity contribution in [1.82, 2.24) is 10.3 Å². The highest BCUT2D eigenvalue weighted by Crippen LogP contribution is 2.24. The molecule has 1 aromatic heterocycles.